The van der Waals surface area contributed by atoms with Crippen LogP contribution in [0.25, 0.3) is 0 Å². The van der Waals surface area contributed by atoms with Crippen LogP contribution in [0, 0.1) is 0 Å². The smallest absolute Gasteiger partial charge is 0.108 e. The zero-order valence-electron chi connectivity index (χ0n) is 8.60. The summed E-state index contributed by atoms with van der Waals surface area (Å²) >= 11 is 1.71. The molecular formula is C12H16O2S. The number of aliphatic hydroxyl groups is 2. The molecule has 3 heteroatoms. The van der Waals surface area contributed by atoms with Gasteiger partial charge >= 0.3 is 0 Å². The van der Waals surface area contributed by atoms with Crippen LogP contribution in [0.15, 0.2) is 30.3 Å². The van der Waals surface area contributed by atoms with E-state index in [1.54, 1.807) is 11.8 Å². The molecule has 1 aliphatic heterocycles. The highest BCUT2D eigenvalue weighted by atomic mass is 32.2. The molecule has 1 aromatic rings. The first kappa shape index (κ1) is 11.0. The van der Waals surface area contributed by atoms with Crippen LogP contribution < -0.4 is 0 Å². The number of rotatable bonds is 2. The highest BCUT2D eigenvalue weighted by Gasteiger charge is 2.37. The Hall–Kier alpha value is -0.510. The van der Waals surface area contributed by atoms with Crippen LogP contribution in [-0.4, -0.2) is 27.3 Å². The van der Waals surface area contributed by atoms with Crippen molar-refractivity contribution in [3.63, 3.8) is 0 Å². The quantitative estimate of drug-likeness (QED) is 0.807. The van der Waals surface area contributed by atoms with Gasteiger partial charge in [0.2, 0.25) is 0 Å². The van der Waals surface area contributed by atoms with E-state index in [1.165, 1.54) is 0 Å². The van der Waals surface area contributed by atoms with Gasteiger partial charge in [-0.2, -0.15) is 11.8 Å². The number of hydrogen-bond donors (Lipinski definition) is 2. The first-order chi connectivity index (χ1) is 7.22. The molecule has 0 amide bonds. The summed E-state index contributed by atoms with van der Waals surface area (Å²) in [6.07, 6.45) is 0.910. The van der Waals surface area contributed by atoms with Crippen LogP contribution in [0.5, 0.6) is 0 Å². The molecule has 0 saturated carbocycles. The fourth-order valence-electron chi connectivity index (χ4n) is 1.96. The summed E-state index contributed by atoms with van der Waals surface area (Å²) in [5.74, 6) is 1.72. The van der Waals surface area contributed by atoms with Crippen molar-refractivity contribution in [3.05, 3.63) is 35.9 Å². The molecule has 0 aliphatic carbocycles. The predicted octanol–water partition coefficient (Wildman–Crippen LogP) is 1.98. The molecule has 0 unspecified atom stereocenters. The van der Waals surface area contributed by atoms with Crippen molar-refractivity contribution < 1.29 is 10.2 Å². The van der Waals surface area contributed by atoms with Gasteiger partial charge in [-0.25, -0.2) is 0 Å². The van der Waals surface area contributed by atoms with E-state index in [0.717, 1.165) is 17.7 Å². The summed E-state index contributed by atoms with van der Waals surface area (Å²) < 4.78 is 0. The minimum atomic E-state index is -0.940. The molecule has 2 nitrogen and oxygen atoms in total. The predicted molar refractivity (Wildman–Crippen MR) is 62.9 cm³/mol. The van der Waals surface area contributed by atoms with E-state index in [-0.39, 0.29) is 0 Å². The van der Waals surface area contributed by atoms with Gasteiger partial charge in [0.05, 0.1) is 0 Å². The number of thioether (sulfide) groups is 1. The lowest BCUT2D eigenvalue weighted by atomic mass is 9.88. The van der Waals surface area contributed by atoms with Crippen molar-refractivity contribution in [2.24, 2.45) is 0 Å². The molecule has 1 fully saturated rings. The molecule has 2 rings (SSSR count). The molecule has 0 spiro atoms. The van der Waals surface area contributed by atoms with E-state index in [4.69, 9.17) is 0 Å². The van der Waals surface area contributed by atoms with Gasteiger partial charge in [0, 0.05) is 5.75 Å². The summed E-state index contributed by atoms with van der Waals surface area (Å²) in [6.45, 7) is 0. The third kappa shape index (κ3) is 2.36. The van der Waals surface area contributed by atoms with E-state index in [2.05, 4.69) is 0 Å². The van der Waals surface area contributed by atoms with Crippen LogP contribution in [0.3, 0.4) is 0 Å². The lowest BCUT2D eigenvalue weighted by Gasteiger charge is -2.36. The Morgan fingerprint density at radius 1 is 1.27 bits per heavy atom. The average molecular weight is 224 g/mol. The van der Waals surface area contributed by atoms with Gasteiger partial charge in [-0.05, 0) is 24.2 Å². The second-order valence-electron chi connectivity index (χ2n) is 4.07. The van der Waals surface area contributed by atoms with E-state index in [9.17, 15) is 10.2 Å². The lowest BCUT2D eigenvalue weighted by Crippen LogP contribution is -2.41. The molecular weight excluding hydrogens is 208 g/mol. The summed E-state index contributed by atoms with van der Waals surface area (Å²) in [5, 5.41) is 20.5. The van der Waals surface area contributed by atoms with Crippen molar-refractivity contribution in [1.82, 2.24) is 0 Å². The molecule has 1 aromatic carbocycles. The maximum absolute atomic E-state index is 10.3. The summed E-state index contributed by atoms with van der Waals surface area (Å²) in [6, 6.07) is 9.41. The van der Waals surface area contributed by atoms with Gasteiger partial charge in [-0.3, -0.25) is 0 Å². The number of aliphatic hydroxyl groups excluding tert-OH is 1. The van der Waals surface area contributed by atoms with Crippen LogP contribution >= 0.6 is 11.8 Å². The molecule has 0 aromatic heterocycles. The molecule has 1 heterocycles. The number of benzene rings is 1. The fourth-order valence-corrected chi connectivity index (χ4v) is 3.11. The largest absolute Gasteiger partial charge is 0.386 e. The Bertz CT molecular complexity index is 307. The van der Waals surface area contributed by atoms with E-state index in [1.807, 2.05) is 30.3 Å². The Morgan fingerprint density at radius 3 is 2.60 bits per heavy atom. The molecule has 1 saturated heterocycles. The minimum Gasteiger partial charge on any atom is -0.386 e. The Kier molecular flexibility index (Phi) is 3.34. The highest BCUT2D eigenvalue weighted by molar-refractivity contribution is 7.99. The molecule has 82 valence electrons. The van der Waals surface area contributed by atoms with Gasteiger partial charge in [0.15, 0.2) is 0 Å². The minimum absolute atomic E-state index is 0.628. The van der Waals surface area contributed by atoms with Crippen LogP contribution in [0.4, 0.5) is 0 Å². The summed E-state index contributed by atoms with van der Waals surface area (Å²) in [4.78, 5) is 0. The van der Waals surface area contributed by atoms with Gasteiger partial charge in [0.25, 0.3) is 0 Å². The van der Waals surface area contributed by atoms with E-state index in [0.29, 0.717) is 12.2 Å². The van der Waals surface area contributed by atoms with Crippen LogP contribution in [-0.2, 0) is 0 Å². The monoisotopic (exact) mass is 224 g/mol. The SMILES string of the molecule is O[C@H](c1ccccc1)[C@]1(O)CCCSC1. The van der Waals surface area contributed by atoms with Crippen molar-refractivity contribution in [3.8, 4) is 0 Å². The highest BCUT2D eigenvalue weighted by Crippen LogP contribution is 2.36. The third-order valence-electron chi connectivity index (χ3n) is 2.87. The second-order valence-corrected chi connectivity index (χ2v) is 5.18. The molecule has 0 radical (unpaired) electrons. The average Bonchev–Trinajstić information content (AvgIpc) is 2.30. The Balaban J connectivity index is 2.16. The van der Waals surface area contributed by atoms with Crippen molar-refractivity contribution in [2.45, 2.75) is 24.5 Å². The molecule has 15 heavy (non-hydrogen) atoms. The normalized spacial score (nSPS) is 28.7. The standard InChI is InChI=1S/C12H16O2S/c13-11(10-5-2-1-3-6-10)12(14)7-4-8-15-9-12/h1-3,5-6,11,13-14H,4,7-9H2/t11-,12+/m1/s1. The third-order valence-corrected chi connectivity index (χ3v) is 4.16. The van der Waals surface area contributed by atoms with Gasteiger partial charge in [-0.15, -0.1) is 0 Å². The van der Waals surface area contributed by atoms with Crippen LogP contribution in [0.2, 0.25) is 0 Å². The molecule has 2 N–H and O–H groups in total. The topological polar surface area (TPSA) is 40.5 Å². The van der Waals surface area contributed by atoms with E-state index >= 15 is 0 Å². The lowest BCUT2D eigenvalue weighted by molar-refractivity contribution is -0.0672. The maximum atomic E-state index is 10.3. The Labute approximate surface area is 94.3 Å². The van der Waals surface area contributed by atoms with Gasteiger partial charge < -0.3 is 10.2 Å². The second kappa shape index (κ2) is 4.56. The van der Waals surface area contributed by atoms with E-state index < -0.39 is 11.7 Å². The summed E-state index contributed by atoms with van der Waals surface area (Å²) in [5.41, 5.74) is -0.132. The first-order valence-electron chi connectivity index (χ1n) is 5.25. The van der Waals surface area contributed by atoms with Crippen LogP contribution in [0.1, 0.15) is 24.5 Å². The van der Waals surface area contributed by atoms with Crippen molar-refractivity contribution in [1.29, 1.82) is 0 Å². The zero-order chi connectivity index (χ0) is 10.7. The first-order valence-corrected chi connectivity index (χ1v) is 6.41. The molecule has 0 bridgehead atoms. The van der Waals surface area contributed by atoms with Gasteiger partial charge in [-0.1, -0.05) is 30.3 Å². The maximum Gasteiger partial charge on any atom is 0.108 e. The van der Waals surface area contributed by atoms with Crippen molar-refractivity contribution >= 4 is 11.8 Å². The zero-order valence-corrected chi connectivity index (χ0v) is 9.41. The number of hydrogen-bond acceptors (Lipinski definition) is 3. The van der Waals surface area contributed by atoms with Gasteiger partial charge in [0.1, 0.15) is 11.7 Å². The summed E-state index contributed by atoms with van der Waals surface area (Å²) in [7, 11) is 0. The molecule has 2 atom stereocenters. The Morgan fingerprint density at radius 2 is 2.00 bits per heavy atom. The van der Waals surface area contributed by atoms with Crippen molar-refractivity contribution in [2.75, 3.05) is 11.5 Å². The fraction of sp³-hybridized carbons (Fsp3) is 0.500. The molecule has 1 aliphatic rings.